The van der Waals surface area contributed by atoms with Crippen molar-refractivity contribution in [3.05, 3.63) is 53.9 Å². The monoisotopic (exact) mass is 387 g/mol. The molecule has 144 valence electrons. The van der Waals surface area contributed by atoms with Crippen LogP contribution in [-0.4, -0.2) is 25.4 Å². The van der Waals surface area contributed by atoms with Crippen molar-refractivity contribution in [2.24, 2.45) is 5.92 Å². The van der Waals surface area contributed by atoms with Crippen LogP contribution in [0.15, 0.2) is 47.6 Å². The molecule has 1 fully saturated rings. The summed E-state index contributed by atoms with van der Waals surface area (Å²) in [5.41, 5.74) is 1.59. The topological polar surface area (TPSA) is 88.2 Å². The van der Waals surface area contributed by atoms with Gasteiger partial charge in [-0.05, 0) is 43.9 Å². The molecule has 0 saturated heterocycles. The normalized spacial score (nSPS) is 20.1. The zero-order valence-electron chi connectivity index (χ0n) is 15.6. The van der Waals surface area contributed by atoms with E-state index in [-0.39, 0.29) is 22.5 Å². The van der Waals surface area contributed by atoms with Crippen LogP contribution >= 0.6 is 0 Å². The van der Waals surface area contributed by atoms with Gasteiger partial charge >= 0.3 is 0 Å². The van der Waals surface area contributed by atoms with E-state index in [1.807, 2.05) is 6.92 Å². The number of carbonyl (C=O) groups excluding carboxylic acids is 1. The Hall–Kier alpha value is -2.41. The Balaban J connectivity index is 1.73. The van der Waals surface area contributed by atoms with Crippen LogP contribution < -0.4 is 10.0 Å². The fourth-order valence-electron chi connectivity index (χ4n) is 3.33. The molecule has 2 atom stereocenters. The maximum atomic E-state index is 12.6. The summed E-state index contributed by atoms with van der Waals surface area (Å²) in [7, 11) is -3.73. The molecule has 1 aliphatic carbocycles. The molecule has 1 aromatic carbocycles. The van der Waals surface area contributed by atoms with Gasteiger partial charge in [-0.25, -0.2) is 8.42 Å². The Morgan fingerprint density at radius 2 is 1.81 bits per heavy atom. The van der Waals surface area contributed by atoms with Gasteiger partial charge in [0.1, 0.15) is 0 Å². The van der Waals surface area contributed by atoms with Crippen molar-refractivity contribution >= 4 is 21.6 Å². The molecular formula is C20H25N3O3S. The summed E-state index contributed by atoms with van der Waals surface area (Å²) in [5, 5.41) is 3.06. The highest BCUT2D eigenvalue weighted by Gasteiger charge is 2.23. The van der Waals surface area contributed by atoms with E-state index >= 15 is 0 Å². The molecule has 7 heteroatoms. The molecule has 2 N–H and O–H groups in total. The van der Waals surface area contributed by atoms with E-state index in [2.05, 4.69) is 21.9 Å². The second kappa shape index (κ2) is 8.08. The summed E-state index contributed by atoms with van der Waals surface area (Å²) in [6.07, 6.45) is 7.24. The van der Waals surface area contributed by atoms with Crippen molar-refractivity contribution in [2.45, 2.75) is 50.5 Å². The SMILES string of the molecule is Cc1ccc(S(=O)(=O)Nc2cncc(C(=O)N[C@H]3CCCC[C@H]3C)c2)cc1. The number of carbonyl (C=O) groups is 1. The van der Waals surface area contributed by atoms with Crippen LogP contribution in [0, 0.1) is 12.8 Å². The lowest BCUT2D eigenvalue weighted by atomic mass is 9.86. The average Bonchev–Trinajstić information content (AvgIpc) is 2.64. The zero-order chi connectivity index (χ0) is 19.4. The highest BCUT2D eigenvalue weighted by molar-refractivity contribution is 7.92. The highest BCUT2D eigenvalue weighted by atomic mass is 32.2. The van der Waals surface area contributed by atoms with Gasteiger partial charge in [0.2, 0.25) is 0 Å². The lowest BCUT2D eigenvalue weighted by molar-refractivity contribution is 0.0910. The van der Waals surface area contributed by atoms with Gasteiger partial charge < -0.3 is 5.32 Å². The summed E-state index contributed by atoms with van der Waals surface area (Å²) in [6, 6.07) is 8.24. The summed E-state index contributed by atoms with van der Waals surface area (Å²) in [4.78, 5) is 16.7. The van der Waals surface area contributed by atoms with Gasteiger partial charge in [-0.15, -0.1) is 0 Å². The number of anilines is 1. The molecule has 1 amide bonds. The first-order valence-electron chi connectivity index (χ1n) is 9.20. The van der Waals surface area contributed by atoms with Crippen molar-refractivity contribution in [3.63, 3.8) is 0 Å². The van der Waals surface area contributed by atoms with E-state index in [9.17, 15) is 13.2 Å². The largest absolute Gasteiger partial charge is 0.349 e. The van der Waals surface area contributed by atoms with Crippen LogP contribution in [0.5, 0.6) is 0 Å². The van der Waals surface area contributed by atoms with E-state index in [0.29, 0.717) is 11.5 Å². The number of rotatable bonds is 5. The number of nitrogens with zero attached hydrogens (tertiary/aromatic N) is 1. The minimum Gasteiger partial charge on any atom is -0.349 e. The van der Waals surface area contributed by atoms with Gasteiger partial charge in [-0.3, -0.25) is 14.5 Å². The number of nitrogens with one attached hydrogen (secondary N) is 2. The molecule has 6 nitrogen and oxygen atoms in total. The number of hydrogen-bond donors (Lipinski definition) is 2. The fourth-order valence-corrected chi connectivity index (χ4v) is 4.37. The smallest absolute Gasteiger partial charge is 0.261 e. The minimum atomic E-state index is -3.73. The average molecular weight is 388 g/mol. The lowest BCUT2D eigenvalue weighted by Crippen LogP contribution is -2.41. The molecular weight excluding hydrogens is 362 g/mol. The van der Waals surface area contributed by atoms with Gasteiger partial charge in [0.15, 0.2) is 0 Å². The van der Waals surface area contributed by atoms with Crippen LogP contribution in [0.2, 0.25) is 0 Å². The van der Waals surface area contributed by atoms with Crippen molar-refractivity contribution in [1.82, 2.24) is 10.3 Å². The number of aryl methyl sites for hydroxylation is 1. The molecule has 2 aromatic rings. The molecule has 3 rings (SSSR count). The Kier molecular flexibility index (Phi) is 5.79. The van der Waals surface area contributed by atoms with Crippen molar-refractivity contribution < 1.29 is 13.2 Å². The van der Waals surface area contributed by atoms with Crippen molar-refractivity contribution in [3.8, 4) is 0 Å². The summed E-state index contributed by atoms with van der Waals surface area (Å²) in [5.74, 6) is 0.219. The minimum absolute atomic E-state index is 0.152. The van der Waals surface area contributed by atoms with Crippen LogP contribution in [0.25, 0.3) is 0 Å². The molecule has 0 unspecified atom stereocenters. The van der Waals surface area contributed by atoms with Gasteiger partial charge in [-0.2, -0.15) is 0 Å². The van der Waals surface area contributed by atoms with Gasteiger partial charge in [-0.1, -0.05) is 37.5 Å². The number of aromatic nitrogens is 1. The maximum Gasteiger partial charge on any atom is 0.261 e. The van der Waals surface area contributed by atoms with Crippen LogP contribution in [0.1, 0.15) is 48.5 Å². The van der Waals surface area contributed by atoms with Crippen molar-refractivity contribution in [2.75, 3.05) is 4.72 Å². The van der Waals surface area contributed by atoms with E-state index in [1.54, 1.807) is 24.3 Å². The molecule has 0 radical (unpaired) electrons. The molecule has 1 heterocycles. The first-order valence-corrected chi connectivity index (χ1v) is 10.7. The predicted molar refractivity (Wildman–Crippen MR) is 105 cm³/mol. The van der Waals surface area contributed by atoms with Crippen LogP contribution in [-0.2, 0) is 10.0 Å². The third-order valence-corrected chi connectivity index (χ3v) is 6.41. The molecule has 1 aliphatic rings. The summed E-state index contributed by atoms with van der Waals surface area (Å²) < 4.78 is 27.5. The number of benzene rings is 1. The Bertz CT molecular complexity index is 910. The van der Waals surface area contributed by atoms with Gasteiger partial charge in [0, 0.05) is 12.2 Å². The van der Waals surface area contributed by atoms with E-state index < -0.39 is 10.0 Å². The Labute approximate surface area is 160 Å². The van der Waals surface area contributed by atoms with Gasteiger partial charge in [0.05, 0.1) is 22.3 Å². The standard InChI is InChI=1S/C20H25N3O3S/c1-14-7-9-18(10-8-14)27(25,26)23-17-11-16(12-21-13-17)20(24)22-19-6-4-3-5-15(19)2/h7-13,15,19,23H,3-6H2,1-2H3,(H,22,24)/t15-,19+/m1/s1. The zero-order valence-corrected chi connectivity index (χ0v) is 16.4. The Morgan fingerprint density at radius 3 is 2.52 bits per heavy atom. The maximum absolute atomic E-state index is 12.6. The first kappa shape index (κ1) is 19.4. The van der Waals surface area contributed by atoms with Gasteiger partial charge in [0.25, 0.3) is 15.9 Å². The fraction of sp³-hybridized carbons (Fsp3) is 0.400. The lowest BCUT2D eigenvalue weighted by Gasteiger charge is -2.29. The molecule has 0 bridgehead atoms. The molecule has 1 aromatic heterocycles. The molecule has 27 heavy (non-hydrogen) atoms. The predicted octanol–water partition coefficient (Wildman–Crippen LogP) is 3.50. The number of pyridine rings is 1. The van der Waals surface area contributed by atoms with E-state index in [0.717, 1.165) is 24.8 Å². The number of amides is 1. The third-order valence-electron chi connectivity index (χ3n) is 5.01. The third kappa shape index (κ3) is 4.86. The second-order valence-electron chi connectivity index (χ2n) is 7.22. The molecule has 1 saturated carbocycles. The second-order valence-corrected chi connectivity index (χ2v) is 8.90. The Morgan fingerprint density at radius 1 is 1.11 bits per heavy atom. The number of hydrogen-bond acceptors (Lipinski definition) is 4. The van der Waals surface area contributed by atoms with E-state index in [1.165, 1.54) is 24.9 Å². The van der Waals surface area contributed by atoms with Crippen LogP contribution in [0.3, 0.4) is 0 Å². The highest BCUT2D eigenvalue weighted by Crippen LogP contribution is 2.24. The van der Waals surface area contributed by atoms with Crippen molar-refractivity contribution in [1.29, 1.82) is 0 Å². The first-order chi connectivity index (χ1) is 12.8. The van der Waals surface area contributed by atoms with E-state index in [4.69, 9.17) is 0 Å². The molecule has 0 spiro atoms. The van der Waals surface area contributed by atoms with Crippen LogP contribution in [0.4, 0.5) is 5.69 Å². The quantitative estimate of drug-likeness (QED) is 0.822. The molecule has 0 aliphatic heterocycles. The summed E-state index contributed by atoms with van der Waals surface area (Å²) >= 11 is 0. The number of sulfonamides is 1. The summed E-state index contributed by atoms with van der Waals surface area (Å²) in [6.45, 7) is 4.04.